The molecular weight excluding hydrogens is 352 g/mol. The smallest absolute Gasteiger partial charge is 0.321 e. The number of hydrogen-bond donors (Lipinski definition) is 1. The first-order valence-electron chi connectivity index (χ1n) is 4.56. The van der Waals surface area contributed by atoms with Crippen LogP contribution in [0.2, 0.25) is 15.1 Å². The number of esters is 1. The van der Waals surface area contributed by atoms with E-state index in [1.54, 1.807) is 6.07 Å². The average Bonchev–Trinajstić information content (AvgIpc) is 2.30. The lowest BCUT2D eigenvalue weighted by molar-refractivity contribution is -0.139. The van der Waals surface area contributed by atoms with Gasteiger partial charge < -0.3 is 10.1 Å². The van der Waals surface area contributed by atoms with Crippen LogP contribution in [-0.2, 0) is 9.53 Å². The van der Waals surface area contributed by atoms with Gasteiger partial charge in [0.1, 0.15) is 4.83 Å². The monoisotopic (exact) mass is 359 g/mol. The summed E-state index contributed by atoms with van der Waals surface area (Å²) in [7, 11) is 1.32. The van der Waals surface area contributed by atoms with Crippen molar-refractivity contribution in [3.63, 3.8) is 0 Å². The number of nitrogens with one attached hydrogen (secondary N) is 1. The highest BCUT2D eigenvalue weighted by Gasteiger charge is 2.15. The highest BCUT2D eigenvalue weighted by molar-refractivity contribution is 9.10. The van der Waals surface area contributed by atoms with Gasteiger partial charge in [0.05, 0.1) is 27.9 Å². The number of alkyl halides is 1. The van der Waals surface area contributed by atoms with Gasteiger partial charge in [-0.05, 0) is 12.1 Å². The number of rotatable bonds is 4. The molecular formula is C10H9BrCl3NO2. The van der Waals surface area contributed by atoms with E-state index < -0.39 is 4.83 Å². The van der Waals surface area contributed by atoms with Gasteiger partial charge in [-0.3, -0.25) is 4.79 Å². The minimum atomic E-state index is -0.460. The van der Waals surface area contributed by atoms with Gasteiger partial charge in [-0.15, -0.1) is 0 Å². The molecule has 0 aliphatic heterocycles. The molecule has 0 bridgehead atoms. The number of benzene rings is 1. The molecule has 0 saturated heterocycles. The van der Waals surface area contributed by atoms with Gasteiger partial charge in [-0.2, -0.15) is 0 Å². The van der Waals surface area contributed by atoms with E-state index in [0.717, 1.165) is 0 Å². The molecule has 0 aliphatic rings. The first-order valence-corrected chi connectivity index (χ1v) is 6.61. The normalized spacial score (nSPS) is 12.1. The molecule has 1 unspecified atom stereocenters. The molecule has 17 heavy (non-hydrogen) atoms. The van der Waals surface area contributed by atoms with Crippen molar-refractivity contribution >= 4 is 62.4 Å². The van der Waals surface area contributed by atoms with Crippen LogP contribution in [0.3, 0.4) is 0 Å². The van der Waals surface area contributed by atoms with Crippen molar-refractivity contribution in [1.82, 2.24) is 0 Å². The first kappa shape index (κ1) is 14.9. The molecule has 0 aliphatic carbocycles. The fraction of sp³-hybridized carbons (Fsp3) is 0.300. The average molecular weight is 361 g/mol. The number of carbonyl (C=O) groups is 1. The van der Waals surface area contributed by atoms with Gasteiger partial charge >= 0.3 is 5.97 Å². The maximum absolute atomic E-state index is 11.1. The quantitative estimate of drug-likeness (QED) is 0.501. The summed E-state index contributed by atoms with van der Waals surface area (Å²) in [6, 6.07) is 3.14. The minimum absolute atomic E-state index is 0.324. The maximum Gasteiger partial charge on any atom is 0.321 e. The van der Waals surface area contributed by atoms with Crippen LogP contribution in [0.4, 0.5) is 5.69 Å². The molecule has 1 atom stereocenters. The Morgan fingerprint density at radius 3 is 2.53 bits per heavy atom. The van der Waals surface area contributed by atoms with E-state index in [9.17, 15) is 4.79 Å². The van der Waals surface area contributed by atoms with Crippen molar-refractivity contribution in [1.29, 1.82) is 0 Å². The van der Waals surface area contributed by atoms with E-state index in [2.05, 4.69) is 26.0 Å². The summed E-state index contributed by atoms with van der Waals surface area (Å²) in [6.07, 6.45) is 0. The lowest BCUT2D eigenvalue weighted by atomic mass is 10.3. The Balaban J connectivity index is 2.70. The first-order chi connectivity index (χ1) is 7.95. The molecule has 3 nitrogen and oxygen atoms in total. The molecule has 0 aromatic heterocycles. The highest BCUT2D eigenvalue weighted by Crippen LogP contribution is 2.32. The van der Waals surface area contributed by atoms with Crippen LogP contribution < -0.4 is 5.32 Å². The molecule has 1 aromatic carbocycles. The largest absolute Gasteiger partial charge is 0.468 e. The Morgan fingerprint density at radius 2 is 1.94 bits per heavy atom. The molecule has 7 heteroatoms. The van der Waals surface area contributed by atoms with Crippen LogP contribution in [0.15, 0.2) is 12.1 Å². The summed E-state index contributed by atoms with van der Waals surface area (Å²) in [5, 5.41) is 4.18. The number of hydrogen-bond acceptors (Lipinski definition) is 3. The summed E-state index contributed by atoms with van der Waals surface area (Å²) >= 11 is 20.8. The molecule has 0 amide bonds. The van der Waals surface area contributed by atoms with Crippen LogP contribution in [0.1, 0.15) is 0 Å². The molecule has 0 fully saturated rings. The van der Waals surface area contributed by atoms with Crippen LogP contribution in [-0.4, -0.2) is 24.5 Å². The van der Waals surface area contributed by atoms with Gasteiger partial charge in [0.2, 0.25) is 0 Å². The van der Waals surface area contributed by atoms with E-state index >= 15 is 0 Å². The summed E-state index contributed by atoms with van der Waals surface area (Å²) in [5.74, 6) is -0.367. The zero-order chi connectivity index (χ0) is 13.0. The zero-order valence-electron chi connectivity index (χ0n) is 8.77. The molecule has 94 valence electrons. The SMILES string of the molecule is COC(=O)C(Br)CNc1cc(Cl)c(Cl)cc1Cl. The third kappa shape index (κ3) is 4.21. The van der Waals surface area contributed by atoms with Crippen LogP contribution in [0.25, 0.3) is 0 Å². The summed E-state index contributed by atoms with van der Waals surface area (Å²) < 4.78 is 4.57. The van der Waals surface area contributed by atoms with Crippen LogP contribution >= 0.6 is 50.7 Å². The summed E-state index contributed by atoms with van der Waals surface area (Å²) in [5.41, 5.74) is 0.606. The van der Waals surface area contributed by atoms with Crippen LogP contribution in [0.5, 0.6) is 0 Å². The van der Waals surface area contributed by atoms with Crippen molar-refractivity contribution in [3.05, 3.63) is 27.2 Å². The van der Waals surface area contributed by atoms with E-state index in [1.165, 1.54) is 13.2 Å². The molecule has 0 heterocycles. The number of carbonyl (C=O) groups excluding carboxylic acids is 1. The summed E-state index contributed by atoms with van der Waals surface area (Å²) in [4.78, 5) is 10.7. The van der Waals surface area contributed by atoms with Gasteiger partial charge in [-0.1, -0.05) is 50.7 Å². The predicted octanol–water partition coefficient (Wildman–Crippen LogP) is 4.00. The van der Waals surface area contributed by atoms with Gasteiger partial charge in [0.25, 0.3) is 0 Å². The maximum atomic E-state index is 11.1. The third-order valence-corrected chi connectivity index (χ3v) is 3.67. The van der Waals surface area contributed by atoms with Crippen molar-refractivity contribution < 1.29 is 9.53 Å². The lowest BCUT2D eigenvalue weighted by Crippen LogP contribution is -2.24. The van der Waals surface area contributed by atoms with Crippen molar-refractivity contribution in [2.75, 3.05) is 19.0 Å². The van der Waals surface area contributed by atoms with E-state index in [4.69, 9.17) is 34.8 Å². The second-order valence-electron chi connectivity index (χ2n) is 3.12. The van der Waals surface area contributed by atoms with E-state index in [0.29, 0.717) is 27.3 Å². The molecule has 1 rings (SSSR count). The number of methoxy groups -OCH3 is 1. The van der Waals surface area contributed by atoms with Crippen molar-refractivity contribution in [2.24, 2.45) is 0 Å². The predicted molar refractivity (Wildman–Crippen MR) is 74.7 cm³/mol. The lowest BCUT2D eigenvalue weighted by Gasteiger charge is -2.12. The second kappa shape index (κ2) is 6.69. The van der Waals surface area contributed by atoms with Crippen molar-refractivity contribution in [2.45, 2.75) is 4.83 Å². The van der Waals surface area contributed by atoms with Crippen LogP contribution in [0, 0.1) is 0 Å². The Bertz CT molecular complexity index is 428. The minimum Gasteiger partial charge on any atom is -0.468 e. The Hall–Kier alpha value is -0.160. The highest BCUT2D eigenvalue weighted by atomic mass is 79.9. The Kier molecular flexibility index (Phi) is 5.86. The molecule has 0 spiro atoms. The Morgan fingerprint density at radius 1 is 1.35 bits per heavy atom. The number of anilines is 1. The molecule has 0 saturated carbocycles. The topological polar surface area (TPSA) is 38.3 Å². The van der Waals surface area contributed by atoms with Gasteiger partial charge in [0, 0.05) is 6.54 Å². The van der Waals surface area contributed by atoms with Gasteiger partial charge in [-0.25, -0.2) is 0 Å². The Labute approximate surface area is 122 Å². The fourth-order valence-corrected chi connectivity index (χ4v) is 2.03. The third-order valence-electron chi connectivity index (χ3n) is 1.94. The molecule has 1 N–H and O–H groups in total. The number of halogens is 4. The molecule has 1 aromatic rings. The summed E-state index contributed by atoms with van der Waals surface area (Å²) in [6.45, 7) is 0.324. The van der Waals surface area contributed by atoms with Gasteiger partial charge in [0.15, 0.2) is 0 Å². The second-order valence-corrected chi connectivity index (χ2v) is 5.44. The number of ether oxygens (including phenoxy) is 1. The zero-order valence-corrected chi connectivity index (χ0v) is 12.6. The molecule has 0 radical (unpaired) electrons. The van der Waals surface area contributed by atoms with E-state index in [-0.39, 0.29) is 5.97 Å². The fourth-order valence-electron chi connectivity index (χ4n) is 1.07. The van der Waals surface area contributed by atoms with E-state index in [1.807, 2.05) is 0 Å². The standard InChI is InChI=1S/C10H9BrCl3NO2/c1-17-10(16)5(11)4-15-9-3-7(13)6(12)2-8(9)14/h2-3,5,15H,4H2,1H3. The van der Waals surface area contributed by atoms with Crippen molar-refractivity contribution in [3.8, 4) is 0 Å².